The molecule has 3 aromatic carbocycles. The van der Waals surface area contributed by atoms with Gasteiger partial charge in [0.2, 0.25) is 5.91 Å². The number of alkyl carbamates (subject to hydrolysis) is 1. The molecule has 5 rings (SSSR count). The van der Waals surface area contributed by atoms with Crippen LogP contribution in [0.2, 0.25) is 0 Å². The summed E-state index contributed by atoms with van der Waals surface area (Å²) in [4.78, 5) is 42.8. The third-order valence-corrected chi connectivity index (χ3v) is 10.6. The van der Waals surface area contributed by atoms with Crippen LogP contribution in [0.5, 0.6) is 0 Å². The van der Waals surface area contributed by atoms with Crippen LogP contribution in [0, 0.1) is 11.8 Å². The van der Waals surface area contributed by atoms with Gasteiger partial charge in [0, 0.05) is 36.4 Å². The zero-order valence-corrected chi connectivity index (χ0v) is 36.3. The van der Waals surface area contributed by atoms with Crippen molar-refractivity contribution in [1.29, 1.82) is 0 Å². The number of esters is 1. The molecule has 1 saturated carbocycles. The van der Waals surface area contributed by atoms with E-state index in [0.29, 0.717) is 56.2 Å². The van der Waals surface area contributed by atoms with E-state index in [1.165, 1.54) is 5.56 Å². The number of hydrogen-bond acceptors (Lipinski definition) is 9. The lowest BCUT2D eigenvalue weighted by Gasteiger charge is -2.23. The fourth-order valence-electron chi connectivity index (χ4n) is 7.48. The molecule has 1 aromatic heterocycles. The standard InChI is InChI=1S/C47H59N3O8.2ClH/c1-47(2,3)58-46(56)49-30-41(45(55)50-37-21-20-36-29-48-26-25-35(36)27-37)34-18-15-33(16-19-34)31-57-44(54)14-10-5-4-9-13-39-40(43(53)28-42(39)52)24-23-38(51)22-17-32-11-7-6-8-12-32;;/h4,6-9,11-12,15-16,18-21,25-27,29,38-43,51-53H,5,10,13-14,17,22-24,28,30-31H2,1-3H3,(H,49,56)(H,50,55);2*1H/b9-4-;;/t38?,39-,40-,41?,42+,43-;;/m1../s1. The van der Waals surface area contributed by atoms with Crippen molar-refractivity contribution in [2.24, 2.45) is 11.8 Å². The molecule has 0 radical (unpaired) electrons. The van der Waals surface area contributed by atoms with Crippen molar-refractivity contribution in [3.8, 4) is 0 Å². The van der Waals surface area contributed by atoms with Gasteiger partial charge in [0.05, 0.1) is 24.2 Å². The molecule has 4 aromatic rings. The molecule has 2 amide bonds. The zero-order chi connectivity index (χ0) is 41.5. The molecule has 1 heterocycles. The number of fused-ring (bicyclic) bond motifs is 1. The van der Waals surface area contributed by atoms with Gasteiger partial charge in [-0.1, -0.05) is 72.8 Å². The first kappa shape index (κ1) is 49.8. The molecule has 0 saturated heterocycles. The van der Waals surface area contributed by atoms with Gasteiger partial charge >= 0.3 is 12.1 Å². The summed E-state index contributed by atoms with van der Waals surface area (Å²) in [5.41, 5.74) is 2.54. The molecule has 1 fully saturated rings. The van der Waals surface area contributed by atoms with E-state index in [1.54, 1.807) is 63.5 Å². The fraction of sp³-hybridized carbons (Fsp3) is 0.447. The summed E-state index contributed by atoms with van der Waals surface area (Å²) in [5.74, 6) is -1.50. The van der Waals surface area contributed by atoms with E-state index in [0.717, 1.165) is 22.8 Å². The molecule has 60 heavy (non-hydrogen) atoms. The van der Waals surface area contributed by atoms with Crippen LogP contribution in [0.1, 0.15) is 94.7 Å². The SMILES string of the molecule is CC(C)(C)OC(=O)NCC(C(=O)Nc1ccc2cnccc2c1)c1ccc(COC(=O)CCC/C=C\C[C@@H]2[C@@H](CCC(O)CCc3ccccc3)[C@H](O)C[C@@H]2O)cc1.Cl.Cl. The number of ether oxygens (including phenoxy) is 2. The number of halogens is 2. The highest BCUT2D eigenvalue weighted by molar-refractivity contribution is 5.98. The van der Waals surface area contributed by atoms with Gasteiger partial charge in [-0.15, -0.1) is 24.8 Å². The van der Waals surface area contributed by atoms with Crippen LogP contribution >= 0.6 is 24.8 Å². The van der Waals surface area contributed by atoms with Gasteiger partial charge in [0.1, 0.15) is 12.2 Å². The van der Waals surface area contributed by atoms with Crippen LogP contribution in [-0.2, 0) is 32.1 Å². The van der Waals surface area contributed by atoms with E-state index in [4.69, 9.17) is 9.47 Å². The number of nitrogens with zero attached hydrogens (tertiary/aromatic N) is 1. The zero-order valence-electron chi connectivity index (χ0n) is 34.7. The molecule has 11 nitrogen and oxygen atoms in total. The number of amides is 2. The molecule has 6 atom stereocenters. The number of unbranched alkanes of at least 4 members (excludes halogenated alkanes) is 1. The predicted molar refractivity (Wildman–Crippen MR) is 239 cm³/mol. The number of hydrogen-bond donors (Lipinski definition) is 5. The van der Waals surface area contributed by atoms with Crippen molar-refractivity contribution in [2.75, 3.05) is 11.9 Å². The Hall–Kier alpha value is -4.52. The van der Waals surface area contributed by atoms with E-state index in [9.17, 15) is 29.7 Å². The first-order chi connectivity index (χ1) is 27.8. The second-order valence-electron chi connectivity index (χ2n) is 16.3. The molecule has 1 aliphatic carbocycles. The summed E-state index contributed by atoms with van der Waals surface area (Å²) >= 11 is 0. The third-order valence-electron chi connectivity index (χ3n) is 10.6. The molecular weight excluding hydrogens is 805 g/mol. The number of carbonyl (C=O) groups is 3. The highest BCUT2D eigenvalue weighted by Gasteiger charge is 2.40. The van der Waals surface area contributed by atoms with Crippen molar-refractivity contribution in [3.63, 3.8) is 0 Å². The Kier molecular flexibility index (Phi) is 20.5. The third kappa shape index (κ3) is 16.2. The first-order valence-electron chi connectivity index (χ1n) is 20.4. The second-order valence-corrected chi connectivity index (χ2v) is 16.3. The Morgan fingerprint density at radius 3 is 2.35 bits per heavy atom. The van der Waals surface area contributed by atoms with Crippen molar-refractivity contribution in [3.05, 3.63) is 120 Å². The number of nitrogens with one attached hydrogen (secondary N) is 2. The van der Waals surface area contributed by atoms with E-state index in [2.05, 4.69) is 27.8 Å². The summed E-state index contributed by atoms with van der Waals surface area (Å²) in [7, 11) is 0. The van der Waals surface area contributed by atoms with Gasteiger partial charge < -0.3 is 35.4 Å². The van der Waals surface area contributed by atoms with Crippen LogP contribution in [-0.4, -0.2) is 68.7 Å². The Morgan fingerprint density at radius 2 is 1.62 bits per heavy atom. The van der Waals surface area contributed by atoms with Crippen molar-refractivity contribution in [1.82, 2.24) is 10.3 Å². The van der Waals surface area contributed by atoms with Gasteiger partial charge in [0.25, 0.3) is 0 Å². The number of benzene rings is 3. The smallest absolute Gasteiger partial charge is 0.407 e. The van der Waals surface area contributed by atoms with Gasteiger partial charge in [-0.25, -0.2) is 4.79 Å². The second kappa shape index (κ2) is 24.7. The van der Waals surface area contributed by atoms with Crippen LogP contribution in [0.3, 0.4) is 0 Å². The molecule has 0 aliphatic heterocycles. The summed E-state index contributed by atoms with van der Waals surface area (Å²) in [5, 5.41) is 39.4. The summed E-state index contributed by atoms with van der Waals surface area (Å²) < 4.78 is 10.9. The minimum Gasteiger partial charge on any atom is -0.461 e. The molecule has 1 aliphatic rings. The number of carbonyl (C=O) groups excluding carboxylic acids is 3. The number of aromatic nitrogens is 1. The van der Waals surface area contributed by atoms with Crippen molar-refractivity contribution in [2.45, 2.75) is 115 Å². The molecule has 0 bridgehead atoms. The Morgan fingerprint density at radius 1 is 0.883 bits per heavy atom. The van der Waals surface area contributed by atoms with Gasteiger partial charge in [0.15, 0.2) is 0 Å². The Bertz CT molecular complexity index is 1960. The Labute approximate surface area is 366 Å². The monoisotopic (exact) mass is 865 g/mol. The minimum atomic E-state index is -0.735. The van der Waals surface area contributed by atoms with E-state index in [1.807, 2.05) is 48.6 Å². The Balaban J connectivity index is 0.00000480. The van der Waals surface area contributed by atoms with Crippen LogP contribution in [0.4, 0.5) is 10.5 Å². The van der Waals surface area contributed by atoms with Crippen LogP contribution < -0.4 is 10.6 Å². The van der Waals surface area contributed by atoms with E-state index >= 15 is 0 Å². The predicted octanol–water partition coefficient (Wildman–Crippen LogP) is 8.62. The lowest BCUT2D eigenvalue weighted by Crippen LogP contribution is -2.37. The van der Waals surface area contributed by atoms with Crippen molar-refractivity contribution < 1.29 is 39.2 Å². The average molecular weight is 867 g/mol. The van der Waals surface area contributed by atoms with Gasteiger partial charge in [-0.2, -0.15) is 0 Å². The molecule has 13 heteroatoms. The van der Waals surface area contributed by atoms with Gasteiger partial charge in [-0.3, -0.25) is 14.6 Å². The lowest BCUT2D eigenvalue weighted by atomic mass is 9.85. The fourth-order valence-corrected chi connectivity index (χ4v) is 7.48. The lowest BCUT2D eigenvalue weighted by molar-refractivity contribution is -0.145. The summed E-state index contributed by atoms with van der Waals surface area (Å²) in [6.45, 7) is 5.39. The topological polar surface area (TPSA) is 167 Å². The minimum absolute atomic E-state index is 0. The maximum Gasteiger partial charge on any atom is 0.407 e. The molecular formula is C47H61Cl2N3O8. The van der Waals surface area contributed by atoms with Crippen LogP contribution in [0.15, 0.2) is 103 Å². The summed E-state index contributed by atoms with van der Waals surface area (Å²) in [6.07, 6.45) is 10.5. The van der Waals surface area contributed by atoms with Gasteiger partial charge in [-0.05, 0) is 124 Å². The number of aliphatic hydroxyl groups is 3. The highest BCUT2D eigenvalue weighted by Crippen LogP contribution is 2.38. The maximum atomic E-state index is 13.6. The van der Waals surface area contributed by atoms with E-state index < -0.39 is 35.9 Å². The average Bonchev–Trinajstić information content (AvgIpc) is 3.47. The largest absolute Gasteiger partial charge is 0.461 e. The normalized spacial score (nSPS) is 18.5. The number of allylic oxidation sites excluding steroid dienone is 2. The first-order valence-corrected chi connectivity index (χ1v) is 20.4. The number of aliphatic hydroxyl groups excluding tert-OH is 3. The number of aryl methyl sites for hydroxylation is 1. The molecule has 326 valence electrons. The quantitative estimate of drug-likeness (QED) is 0.0352. The maximum absolute atomic E-state index is 13.6. The summed E-state index contributed by atoms with van der Waals surface area (Å²) in [6, 6.07) is 24.7. The number of pyridine rings is 1. The van der Waals surface area contributed by atoms with Crippen molar-refractivity contribution >= 4 is 59.2 Å². The van der Waals surface area contributed by atoms with Crippen LogP contribution in [0.25, 0.3) is 10.8 Å². The molecule has 5 N–H and O–H groups in total. The molecule has 0 spiro atoms. The van der Waals surface area contributed by atoms with E-state index in [-0.39, 0.29) is 68.1 Å². The molecule has 2 unspecified atom stereocenters. The number of rotatable bonds is 19. The highest BCUT2D eigenvalue weighted by atomic mass is 35.5. The number of anilines is 1.